The lowest BCUT2D eigenvalue weighted by Gasteiger charge is -2.32. The van der Waals surface area contributed by atoms with Crippen molar-refractivity contribution < 1.29 is 17.9 Å². The van der Waals surface area contributed by atoms with Gasteiger partial charge in [-0.25, -0.2) is 8.42 Å². The number of carbonyl (C=O) groups is 1. The number of sulfonamides is 1. The monoisotopic (exact) mass is 402 g/mol. The van der Waals surface area contributed by atoms with Crippen LogP contribution in [0, 0.1) is 5.92 Å². The van der Waals surface area contributed by atoms with Crippen molar-refractivity contribution in [1.82, 2.24) is 9.62 Å². The molecule has 0 aromatic heterocycles. The molecule has 1 aliphatic heterocycles. The summed E-state index contributed by atoms with van der Waals surface area (Å²) < 4.78 is 33.1. The summed E-state index contributed by atoms with van der Waals surface area (Å²) in [7, 11) is -3.79. The van der Waals surface area contributed by atoms with Crippen LogP contribution in [-0.4, -0.2) is 44.4 Å². The normalized spacial score (nSPS) is 19.8. The van der Waals surface area contributed by atoms with Crippen LogP contribution >= 0.6 is 11.6 Å². The van der Waals surface area contributed by atoms with Gasteiger partial charge in [-0.1, -0.05) is 18.5 Å². The van der Waals surface area contributed by atoms with Gasteiger partial charge in [0.15, 0.2) is 0 Å². The van der Waals surface area contributed by atoms with E-state index < -0.39 is 10.0 Å². The maximum absolute atomic E-state index is 13.1. The van der Waals surface area contributed by atoms with Crippen LogP contribution in [0.5, 0.6) is 5.75 Å². The van der Waals surface area contributed by atoms with Gasteiger partial charge in [0.1, 0.15) is 10.6 Å². The number of amides is 1. The molecule has 1 N–H and O–H groups in total. The van der Waals surface area contributed by atoms with Crippen molar-refractivity contribution >= 4 is 27.5 Å². The molecule has 1 saturated heterocycles. The molecule has 8 heteroatoms. The number of benzene rings is 1. The minimum absolute atomic E-state index is 0.0508. The van der Waals surface area contributed by atoms with Crippen LogP contribution < -0.4 is 10.1 Å². The molecule has 1 aromatic carbocycles. The zero-order valence-electron chi connectivity index (χ0n) is 15.5. The predicted molar refractivity (Wildman–Crippen MR) is 102 cm³/mol. The number of rotatable bonds is 7. The van der Waals surface area contributed by atoms with Crippen LogP contribution in [0.15, 0.2) is 23.1 Å². The van der Waals surface area contributed by atoms with Crippen LogP contribution in [0.1, 0.15) is 40.0 Å². The van der Waals surface area contributed by atoms with E-state index in [1.807, 2.05) is 13.8 Å². The summed E-state index contributed by atoms with van der Waals surface area (Å²) in [6.45, 7) is 6.63. The van der Waals surface area contributed by atoms with Crippen LogP contribution in [0.3, 0.4) is 0 Å². The molecule has 0 unspecified atom stereocenters. The molecule has 6 nitrogen and oxygen atoms in total. The highest BCUT2D eigenvalue weighted by Crippen LogP contribution is 2.32. The molecular formula is C18H27ClN2O4S. The number of nitrogens with one attached hydrogen (secondary N) is 1. The lowest BCUT2D eigenvalue weighted by Crippen LogP contribution is -2.47. The average molecular weight is 403 g/mol. The molecule has 0 spiro atoms. The highest BCUT2D eigenvalue weighted by atomic mass is 35.5. The van der Waals surface area contributed by atoms with E-state index >= 15 is 0 Å². The fourth-order valence-electron chi connectivity index (χ4n) is 2.93. The Labute approximate surface area is 160 Å². The second kappa shape index (κ2) is 9.06. The first-order valence-corrected chi connectivity index (χ1v) is 10.8. The largest absolute Gasteiger partial charge is 0.492 e. The molecule has 2 rings (SSSR count). The molecule has 0 radical (unpaired) electrons. The van der Waals surface area contributed by atoms with E-state index in [0.717, 1.165) is 6.42 Å². The van der Waals surface area contributed by atoms with Gasteiger partial charge < -0.3 is 10.1 Å². The van der Waals surface area contributed by atoms with Gasteiger partial charge in [-0.15, -0.1) is 0 Å². The molecule has 1 aliphatic rings. The van der Waals surface area contributed by atoms with Crippen molar-refractivity contribution in [1.29, 1.82) is 0 Å². The molecule has 1 amide bonds. The van der Waals surface area contributed by atoms with Crippen molar-refractivity contribution in [2.75, 3.05) is 19.7 Å². The first kappa shape index (κ1) is 21.0. The van der Waals surface area contributed by atoms with E-state index in [1.165, 1.54) is 10.4 Å². The quantitative estimate of drug-likeness (QED) is 0.760. The predicted octanol–water partition coefficient (Wildman–Crippen LogP) is 3.05. The summed E-state index contributed by atoms with van der Waals surface area (Å²) in [6, 6.07) is 4.65. The Bertz CT molecular complexity index is 739. The Kier molecular flexibility index (Phi) is 7.32. The number of ether oxygens (including phenoxy) is 1. The molecule has 1 aromatic rings. The fourth-order valence-corrected chi connectivity index (χ4v) is 4.85. The zero-order chi connectivity index (χ0) is 19.3. The third kappa shape index (κ3) is 4.90. The van der Waals surface area contributed by atoms with Gasteiger partial charge in [0.05, 0.1) is 12.5 Å². The first-order valence-electron chi connectivity index (χ1n) is 9.02. The van der Waals surface area contributed by atoms with Crippen molar-refractivity contribution in [3.8, 4) is 5.75 Å². The average Bonchev–Trinajstić information content (AvgIpc) is 2.63. The lowest BCUT2D eigenvalue weighted by atomic mass is 9.98. The Morgan fingerprint density at radius 3 is 2.81 bits per heavy atom. The highest BCUT2D eigenvalue weighted by molar-refractivity contribution is 7.89. The summed E-state index contributed by atoms with van der Waals surface area (Å²) in [5.41, 5.74) is 0. The maximum atomic E-state index is 13.1. The van der Waals surface area contributed by atoms with Crippen LogP contribution in [0.25, 0.3) is 0 Å². The zero-order valence-corrected chi connectivity index (χ0v) is 17.1. The summed E-state index contributed by atoms with van der Waals surface area (Å²) in [4.78, 5) is 12.5. The van der Waals surface area contributed by atoms with Crippen molar-refractivity contribution in [2.24, 2.45) is 5.92 Å². The number of piperidine rings is 1. The Morgan fingerprint density at radius 1 is 1.42 bits per heavy atom. The Balaban J connectivity index is 2.24. The van der Waals surface area contributed by atoms with Crippen LogP contribution in [-0.2, 0) is 14.8 Å². The fraction of sp³-hybridized carbons (Fsp3) is 0.611. The molecular weight excluding hydrogens is 376 g/mol. The molecule has 1 heterocycles. The minimum Gasteiger partial charge on any atom is -0.492 e. The number of hydrogen-bond acceptors (Lipinski definition) is 4. The Morgan fingerprint density at radius 2 is 2.15 bits per heavy atom. The summed E-state index contributed by atoms with van der Waals surface area (Å²) >= 11 is 6.01. The van der Waals surface area contributed by atoms with E-state index in [4.69, 9.17) is 16.3 Å². The number of halogens is 1. The molecule has 0 saturated carbocycles. The summed E-state index contributed by atoms with van der Waals surface area (Å²) in [6.07, 6.45) is 2.16. The van der Waals surface area contributed by atoms with Crippen molar-refractivity contribution in [3.63, 3.8) is 0 Å². The van der Waals surface area contributed by atoms with Gasteiger partial charge in [0.2, 0.25) is 15.9 Å². The topological polar surface area (TPSA) is 75.7 Å². The third-order valence-electron chi connectivity index (χ3n) is 4.58. The minimum atomic E-state index is -3.79. The molecule has 26 heavy (non-hydrogen) atoms. The van der Waals surface area contributed by atoms with E-state index in [0.29, 0.717) is 31.0 Å². The molecule has 1 fully saturated rings. The van der Waals surface area contributed by atoms with E-state index in [-0.39, 0.29) is 35.1 Å². The third-order valence-corrected chi connectivity index (χ3v) is 6.70. The smallest absolute Gasteiger partial charge is 0.246 e. The van der Waals surface area contributed by atoms with E-state index in [1.54, 1.807) is 19.1 Å². The van der Waals surface area contributed by atoms with Crippen LogP contribution in [0.4, 0.5) is 0 Å². The molecule has 0 aliphatic carbocycles. The second-order valence-electron chi connectivity index (χ2n) is 6.54. The number of carbonyl (C=O) groups excluding carboxylic acids is 1. The highest BCUT2D eigenvalue weighted by Gasteiger charge is 2.35. The first-order chi connectivity index (χ1) is 12.3. The van der Waals surface area contributed by atoms with Gasteiger partial charge >= 0.3 is 0 Å². The van der Waals surface area contributed by atoms with Gasteiger partial charge in [-0.05, 0) is 51.3 Å². The SMILES string of the molecule is CCOc1ccc(Cl)cc1S(=O)(=O)N1CCC[C@@H](C(=O)N[C@@H](C)CC)C1. The van der Waals surface area contributed by atoms with Crippen molar-refractivity contribution in [2.45, 2.75) is 51.0 Å². The summed E-state index contributed by atoms with van der Waals surface area (Å²) in [5.74, 6) is -0.152. The molecule has 0 bridgehead atoms. The molecule has 2 atom stereocenters. The lowest BCUT2D eigenvalue weighted by molar-refractivity contribution is -0.126. The van der Waals surface area contributed by atoms with Gasteiger partial charge in [0, 0.05) is 24.2 Å². The van der Waals surface area contributed by atoms with E-state index in [9.17, 15) is 13.2 Å². The van der Waals surface area contributed by atoms with Crippen LogP contribution in [0.2, 0.25) is 5.02 Å². The summed E-state index contributed by atoms with van der Waals surface area (Å²) in [5, 5.41) is 3.27. The standard InChI is InChI=1S/C18H27ClN2O4S/c1-4-13(3)20-18(22)14-7-6-10-21(12-14)26(23,24)17-11-15(19)8-9-16(17)25-5-2/h8-9,11,13-14H,4-7,10,12H2,1-3H3,(H,20,22)/t13-,14+/m0/s1. The molecule has 146 valence electrons. The number of hydrogen-bond donors (Lipinski definition) is 1. The van der Waals surface area contributed by atoms with Gasteiger partial charge in [-0.3, -0.25) is 4.79 Å². The van der Waals surface area contributed by atoms with Crippen molar-refractivity contribution in [3.05, 3.63) is 23.2 Å². The number of nitrogens with zero attached hydrogens (tertiary/aromatic N) is 1. The van der Waals surface area contributed by atoms with Gasteiger partial charge in [-0.2, -0.15) is 4.31 Å². The van der Waals surface area contributed by atoms with E-state index in [2.05, 4.69) is 5.32 Å². The Hall–Kier alpha value is -1.31. The maximum Gasteiger partial charge on any atom is 0.246 e. The van der Waals surface area contributed by atoms with Gasteiger partial charge in [0.25, 0.3) is 0 Å². The second-order valence-corrected chi connectivity index (χ2v) is 8.89.